The molecule has 0 aliphatic heterocycles. The van der Waals surface area contributed by atoms with Gasteiger partial charge in [0.05, 0.1) is 6.10 Å². The van der Waals surface area contributed by atoms with Crippen LogP contribution in [0.3, 0.4) is 0 Å². The molecule has 1 aromatic carbocycles. The van der Waals surface area contributed by atoms with Crippen molar-refractivity contribution in [1.82, 2.24) is 0 Å². The summed E-state index contributed by atoms with van der Waals surface area (Å²) in [4.78, 5) is 9.65. The van der Waals surface area contributed by atoms with Gasteiger partial charge in [-0.3, -0.25) is 0 Å². The molecule has 2 nitrogen and oxygen atoms in total. The third kappa shape index (κ3) is 5.27. The molecule has 0 aromatic heterocycles. The second-order valence-corrected chi connectivity index (χ2v) is 5.00. The Bertz CT molecular complexity index is 264. The van der Waals surface area contributed by atoms with E-state index >= 15 is 0 Å². The van der Waals surface area contributed by atoms with Crippen LogP contribution in [0.1, 0.15) is 25.8 Å². The van der Waals surface area contributed by atoms with Gasteiger partial charge in [-0.2, -0.15) is 0 Å². The lowest BCUT2D eigenvalue weighted by molar-refractivity contribution is 0.217. The Morgan fingerprint density at radius 2 is 2.00 bits per heavy atom. The highest BCUT2D eigenvalue weighted by Gasteiger charge is 2.09. The van der Waals surface area contributed by atoms with Crippen molar-refractivity contribution in [2.45, 2.75) is 32.8 Å². The maximum Gasteiger partial charge on any atom is 0.168 e. The summed E-state index contributed by atoms with van der Waals surface area (Å²) in [6.07, 6.45) is 2.73. The molecule has 1 N–H and O–H groups in total. The van der Waals surface area contributed by atoms with Crippen LogP contribution in [0.5, 0.6) is 0 Å². The lowest BCUT2D eigenvalue weighted by Crippen LogP contribution is -2.04. The molecule has 1 rings (SSSR count). The molecule has 0 saturated carbocycles. The molecular weight excluding hydrogens is 207 g/mol. The quantitative estimate of drug-likeness (QED) is 0.754. The van der Waals surface area contributed by atoms with E-state index < -0.39 is 8.38 Å². The van der Waals surface area contributed by atoms with E-state index in [1.165, 1.54) is 5.56 Å². The Kier molecular flexibility index (Phi) is 5.85. The molecule has 0 heterocycles. The van der Waals surface area contributed by atoms with Gasteiger partial charge < -0.3 is 9.42 Å². The molecule has 0 spiro atoms. The van der Waals surface area contributed by atoms with E-state index in [1.807, 2.05) is 25.1 Å². The van der Waals surface area contributed by atoms with E-state index in [9.17, 15) is 4.89 Å². The molecular formula is C12H19O2P. The highest BCUT2D eigenvalue weighted by molar-refractivity contribution is 7.46. The number of hydrogen-bond donors (Lipinski definition) is 1. The van der Waals surface area contributed by atoms with Gasteiger partial charge in [0.2, 0.25) is 0 Å². The van der Waals surface area contributed by atoms with Gasteiger partial charge in [0.15, 0.2) is 8.38 Å². The predicted molar refractivity (Wildman–Crippen MR) is 65.0 cm³/mol. The van der Waals surface area contributed by atoms with Crippen LogP contribution < -0.4 is 0 Å². The van der Waals surface area contributed by atoms with E-state index in [2.05, 4.69) is 19.1 Å². The largest absolute Gasteiger partial charge is 0.350 e. The first-order valence-electron chi connectivity index (χ1n) is 5.39. The monoisotopic (exact) mass is 226 g/mol. The third-order valence-corrected chi connectivity index (χ3v) is 3.52. The maximum atomic E-state index is 9.65. The lowest BCUT2D eigenvalue weighted by Gasteiger charge is -2.15. The van der Waals surface area contributed by atoms with Crippen LogP contribution in [0.25, 0.3) is 0 Å². The highest BCUT2D eigenvalue weighted by Crippen LogP contribution is 2.34. The Morgan fingerprint density at radius 1 is 1.33 bits per heavy atom. The summed E-state index contributed by atoms with van der Waals surface area (Å²) in [6.45, 7) is 4.05. The van der Waals surface area contributed by atoms with Crippen LogP contribution in [0.4, 0.5) is 0 Å². The fourth-order valence-electron chi connectivity index (χ4n) is 1.20. The van der Waals surface area contributed by atoms with Crippen LogP contribution >= 0.6 is 8.38 Å². The zero-order chi connectivity index (χ0) is 11.1. The summed E-state index contributed by atoms with van der Waals surface area (Å²) in [7, 11) is -1.25. The smallest absolute Gasteiger partial charge is 0.168 e. The van der Waals surface area contributed by atoms with Crippen molar-refractivity contribution in [2.75, 3.05) is 6.16 Å². The van der Waals surface area contributed by atoms with Crippen LogP contribution in [0.2, 0.25) is 0 Å². The molecule has 0 aliphatic carbocycles. The molecule has 0 fully saturated rings. The average Bonchev–Trinajstić information content (AvgIpc) is 2.27. The molecule has 0 bridgehead atoms. The van der Waals surface area contributed by atoms with E-state index in [1.54, 1.807) is 0 Å². The summed E-state index contributed by atoms with van der Waals surface area (Å²) in [5.74, 6) is 0. The van der Waals surface area contributed by atoms with Gasteiger partial charge in [-0.15, -0.1) is 0 Å². The molecule has 0 radical (unpaired) electrons. The van der Waals surface area contributed by atoms with Crippen molar-refractivity contribution in [2.24, 2.45) is 0 Å². The summed E-state index contributed by atoms with van der Waals surface area (Å²) >= 11 is 0. The molecule has 2 unspecified atom stereocenters. The minimum absolute atomic E-state index is 0.164. The van der Waals surface area contributed by atoms with Gasteiger partial charge in [0.25, 0.3) is 0 Å². The Labute approximate surface area is 93.2 Å². The SMILES string of the molecule is CCC(C)OP(O)CCc1ccccc1. The summed E-state index contributed by atoms with van der Waals surface area (Å²) < 4.78 is 5.44. The van der Waals surface area contributed by atoms with Gasteiger partial charge in [0, 0.05) is 6.16 Å². The van der Waals surface area contributed by atoms with Crippen molar-refractivity contribution in [3.63, 3.8) is 0 Å². The summed E-state index contributed by atoms with van der Waals surface area (Å²) in [5.41, 5.74) is 1.26. The minimum Gasteiger partial charge on any atom is -0.350 e. The molecule has 0 aliphatic rings. The zero-order valence-electron chi connectivity index (χ0n) is 9.39. The first kappa shape index (κ1) is 12.6. The molecule has 0 saturated heterocycles. The van der Waals surface area contributed by atoms with Crippen molar-refractivity contribution in [3.05, 3.63) is 35.9 Å². The zero-order valence-corrected chi connectivity index (χ0v) is 10.3. The second kappa shape index (κ2) is 6.95. The Morgan fingerprint density at radius 3 is 2.60 bits per heavy atom. The fraction of sp³-hybridized carbons (Fsp3) is 0.500. The number of rotatable bonds is 6. The Balaban J connectivity index is 2.25. The molecule has 2 atom stereocenters. The van der Waals surface area contributed by atoms with E-state index in [4.69, 9.17) is 4.52 Å². The van der Waals surface area contributed by atoms with Crippen LogP contribution in [0.15, 0.2) is 30.3 Å². The minimum atomic E-state index is -1.25. The Hall–Kier alpha value is -0.430. The van der Waals surface area contributed by atoms with Gasteiger partial charge in [-0.05, 0) is 25.3 Å². The molecule has 1 aromatic rings. The van der Waals surface area contributed by atoms with Gasteiger partial charge in [0.1, 0.15) is 0 Å². The fourth-order valence-corrected chi connectivity index (χ4v) is 2.32. The van der Waals surface area contributed by atoms with Crippen molar-refractivity contribution >= 4 is 8.38 Å². The van der Waals surface area contributed by atoms with E-state index in [-0.39, 0.29) is 6.10 Å². The highest BCUT2D eigenvalue weighted by atomic mass is 31.2. The molecule has 15 heavy (non-hydrogen) atoms. The molecule has 0 amide bonds. The van der Waals surface area contributed by atoms with Gasteiger partial charge in [-0.1, -0.05) is 37.3 Å². The number of benzene rings is 1. The average molecular weight is 226 g/mol. The number of hydrogen-bond acceptors (Lipinski definition) is 2. The van der Waals surface area contributed by atoms with E-state index in [0.29, 0.717) is 0 Å². The molecule has 3 heteroatoms. The first-order chi connectivity index (χ1) is 7.22. The standard InChI is InChI=1S/C12H19O2P/c1-3-11(2)14-15(13)10-9-12-7-5-4-6-8-12/h4-8,11,13H,3,9-10H2,1-2H3. The topological polar surface area (TPSA) is 29.5 Å². The van der Waals surface area contributed by atoms with Crippen LogP contribution in [-0.4, -0.2) is 17.2 Å². The lowest BCUT2D eigenvalue weighted by atomic mass is 10.2. The molecule has 84 valence electrons. The van der Waals surface area contributed by atoms with Gasteiger partial charge in [-0.25, -0.2) is 0 Å². The van der Waals surface area contributed by atoms with Crippen LogP contribution in [0, 0.1) is 0 Å². The number of aryl methyl sites for hydroxylation is 1. The summed E-state index contributed by atoms with van der Waals surface area (Å²) in [5, 5.41) is 0. The normalized spacial score (nSPS) is 14.9. The second-order valence-electron chi connectivity index (χ2n) is 3.64. The van der Waals surface area contributed by atoms with Gasteiger partial charge >= 0.3 is 0 Å². The summed E-state index contributed by atoms with van der Waals surface area (Å²) in [6, 6.07) is 10.2. The third-order valence-electron chi connectivity index (χ3n) is 2.31. The van der Waals surface area contributed by atoms with Crippen LogP contribution in [-0.2, 0) is 10.9 Å². The van der Waals surface area contributed by atoms with Crippen molar-refractivity contribution < 1.29 is 9.42 Å². The van der Waals surface area contributed by atoms with Crippen molar-refractivity contribution in [1.29, 1.82) is 0 Å². The maximum absolute atomic E-state index is 9.65. The predicted octanol–water partition coefficient (Wildman–Crippen LogP) is 3.35. The first-order valence-corrected chi connectivity index (χ1v) is 6.79. The van der Waals surface area contributed by atoms with Crippen molar-refractivity contribution in [3.8, 4) is 0 Å². The van der Waals surface area contributed by atoms with E-state index in [0.717, 1.165) is 19.0 Å².